The highest BCUT2D eigenvalue weighted by Gasteiger charge is 2.47. The number of ether oxygens (including phenoxy) is 1. The van der Waals surface area contributed by atoms with Crippen molar-refractivity contribution in [2.45, 2.75) is 0 Å². The van der Waals surface area contributed by atoms with Gasteiger partial charge < -0.3 is 21.7 Å². The molecule has 0 atom stereocenters. The number of carbonyl (C=O) groups excluding carboxylic acids is 1. The van der Waals surface area contributed by atoms with Crippen LogP contribution >= 0.6 is 7.26 Å². The largest absolute Gasteiger partial charge is 1.00 e. The number of methoxy groups -OCH3 is 1. The molecule has 0 spiro atoms. The van der Waals surface area contributed by atoms with Gasteiger partial charge >= 0.3 is 5.97 Å². The summed E-state index contributed by atoms with van der Waals surface area (Å²) in [7, 11) is -0.771. The van der Waals surface area contributed by atoms with Crippen LogP contribution in [0.3, 0.4) is 0 Å². The molecule has 0 heterocycles. The lowest BCUT2D eigenvalue weighted by Crippen LogP contribution is -3.00. The summed E-state index contributed by atoms with van der Waals surface area (Å²) in [5, 5.41) is 4.88. The minimum absolute atomic E-state index is 0. The molecule has 0 aliphatic rings. The van der Waals surface area contributed by atoms with Gasteiger partial charge in [0.25, 0.3) is 0 Å². The molecule has 0 aromatic heterocycles. The van der Waals surface area contributed by atoms with E-state index in [2.05, 4.69) is 78.9 Å². The molecular formula is C26H22BrO2P. The molecule has 0 unspecified atom stereocenters. The first kappa shape index (κ1) is 22.0. The lowest BCUT2D eigenvalue weighted by Gasteiger charge is -2.27. The number of benzene rings is 4. The van der Waals surface area contributed by atoms with Crippen molar-refractivity contribution >= 4 is 34.4 Å². The van der Waals surface area contributed by atoms with Gasteiger partial charge in [0.15, 0.2) is 0 Å². The summed E-state index contributed by atoms with van der Waals surface area (Å²) in [6.07, 6.45) is 0. The number of carbonyl (C=O) groups is 1. The normalized spacial score (nSPS) is 10.7. The van der Waals surface area contributed by atoms with Gasteiger partial charge in [-0.25, -0.2) is 4.79 Å². The fraction of sp³-hybridized carbons (Fsp3) is 0.0385. The zero-order valence-electron chi connectivity index (χ0n) is 16.6. The predicted octanol–water partition coefficient (Wildman–Crippen LogP) is 1.10. The van der Waals surface area contributed by atoms with Gasteiger partial charge in [0.2, 0.25) is 0 Å². The highest BCUT2D eigenvalue weighted by Crippen LogP contribution is 2.54. The quantitative estimate of drug-likeness (QED) is 0.318. The summed E-state index contributed by atoms with van der Waals surface area (Å²) in [6, 6.07) is 39.7. The van der Waals surface area contributed by atoms with Gasteiger partial charge in [0, 0.05) is 0 Å². The molecule has 0 aliphatic carbocycles. The summed E-state index contributed by atoms with van der Waals surface area (Å²) >= 11 is 0. The van der Waals surface area contributed by atoms with Crippen molar-refractivity contribution in [3.8, 4) is 0 Å². The van der Waals surface area contributed by atoms with Gasteiger partial charge in [-0.15, -0.1) is 0 Å². The second-order valence-electron chi connectivity index (χ2n) is 6.72. The maximum absolute atomic E-state index is 12.3. The topological polar surface area (TPSA) is 26.3 Å². The number of rotatable bonds is 5. The lowest BCUT2D eigenvalue weighted by molar-refractivity contribution is -0.0000201. The Hall–Kier alpha value is -2.74. The average molecular weight is 477 g/mol. The van der Waals surface area contributed by atoms with Crippen molar-refractivity contribution in [1.82, 2.24) is 0 Å². The fourth-order valence-electron chi connectivity index (χ4n) is 3.81. The van der Waals surface area contributed by atoms with E-state index in [0.29, 0.717) is 5.56 Å². The van der Waals surface area contributed by atoms with Crippen LogP contribution in [0, 0.1) is 0 Å². The van der Waals surface area contributed by atoms with E-state index in [4.69, 9.17) is 4.74 Å². The van der Waals surface area contributed by atoms with Gasteiger partial charge in [-0.2, -0.15) is 0 Å². The van der Waals surface area contributed by atoms with Crippen LogP contribution in [0.1, 0.15) is 10.4 Å². The van der Waals surface area contributed by atoms with Crippen LogP contribution in [0.25, 0.3) is 0 Å². The van der Waals surface area contributed by atoms with Crippen LogP contribution in [-0.4, -0.2) is 13.1 Å². The Kier molecular flexibility index (Phi) is 7.20. The summed E-state index contributed by atoms with van der Waals surface area (Å²) in [4.78, 5) is 12.3. The number of halogens is 1. The molecule has 4 aromatic rings. The molecule has 0 fully saturated rings. The van der Waals surface area contributed by atoms with E-state index in [1.54, 1.807) is 0 Å². The van der Waals surface area contributed by atoms with Crippen molar-refractivity contribution in [3.05, 3.63) is 121 Å². The van der Waals surface area contributed by atoms with E-state index in [9.17, 15) is 4.79 Å². The smallest absolute Gasteiger partial charge is 0.337 e. The summed E-state index contributed by atoms with van der Waals surface area (Å²) in [6.45, 7) is 0. The minimum Gasteiger partial charge on any atom is -1.00 e. The highest BCUT2D eigenvalue weighted by molar-refractivity contribution is 8.01. The van der Waals surface area contributed by atoms with Gasteiger partial charge in [0.1, 0.15) is 28.5 Å². The van der Waals surface area contributed by atoms with Crippen molar-refractivity contribution < 1.29 is 26.5 Å². The molecule has 30 heavy (non-hydrogen) atoms. The maximum Gasteiger partial charge on any atom is 0.337 e. The van der Waals surface area contributed by atoms with Crippen LogP contribution in [-0.2, 0) is 4.74 Å². The highest BCUT2D eigenvalue weighted by atomic mass is 79.9. The third kappa shape index (κ3) is 3.96. The Labute approximate surface area is 188 Å². The van der Waals surface area contributed by atoms with E-state index in [1.165, 1.54) is 23.0 Å². The first-order chi connectivity index (χ1) is 14.3. The average Bonchev–Trinajstić information content (AvgIpc) is 2.81. The Balaban J connectivity index is 0.00000256. The molecule has 150 valence electrons. The summed E-state index contributed by atoms with van der Waals surface area (Å²) in [5.41, 5.74) is 0.567. The minimum atomic E-state index is -2.19. The van der Waals surface area contributed by atoms with Crippen LogP contribution in [0.5, 0.6) is 0 Å². The zero-order chi connectivity index (χ0) is 20.1. The zero-order valence-corrected chi connectivity index (χ0v) is 19.1. The molecular weight excluding hydrogens is 455 g/mol. The van der Waals surface area contributed by atoms with Crippen molar-refractivity contribution in [1.29, 1.82) is 0 Å². The molecule has 0 aliphatic heterocycles. The second-order valence-corrected chi connectivity index (χ2v) is 10.1. The molecule has 0 amide bonds. The van der Waals surface area contributed by atoms with Crippen LogP contribution in [0.4, 0.5) is 0 Å². The van der Waals surface area contributed by atoms with Crippen molar-refractivity contribution in [2.75, 3.05) is 7.11 Å². The number of esters is 1. The molecule has 0 N–H and O–H groups in total. The van der Waals surface area contributed by atoms with Crippen LogP contribution in [0.15, 0.2) is 115 Å². The summed E-state index contributed by atoms with van der Waals surface area (Å²) in [5.74, 6) is -0.320. The number of hydrogen-bond acceptors (Lipinski definition) is 2. The second kappa shape index (κ2) is 9.84. The Morgan fingerprint density at radius 3 is 1.40 bits per heavy atom. The number of hydrogen-bond donors (Lipinski definition) is 0. The van der Waals surface area contributed by atoms with Crippen molar-refractivity contribution in [2.24, 2.45) is 0 Å². The van der Waals surface area contributed by atoms with E-state index < -0.39 is 7.26 Å². The van der Waals surface area contributed by atoms with Gasteiger partial charge in [0.05, 0.1) is 12.7 Å². The molecule has 4 rings (SSSR count). The SMILES string of the molecule is COC(=O)c1cccc([P+](c2ccccc2)(c2ccccc2)c2ccccc2)c1.[Br-]. The third-order valence-electron chi connectivity index (χ3n) is 5.09. The van der Waals surface area contributed by atoms with E-state index in [0.717, 1.165) is 5.30 Å². The molecule has 2 nitrogen and oxygen atoms in total. The predicted molar refractivity (Wildman–Crippen MR) is 123 cm³/mol. The van der Waals surface area contributed by atoms with E-state index in [-0.39, 0.29) is 23.0 Å². The monoisotopic (exact) mass is 476 g/mol. The van der Waals surface area contributed by atoms with Crippen LogP contribution < -0.4 is 38.2 Å². The first-order valence-corrected chi connectivity index (χ1v) is 11.3. The molecule has 0 radical (unpaired) electrons. The van der Waals surface area contributed by atoms with Crippen LogP contribution in [0.2, 0.25) is 0 Å². The Morgan fingerprint density at radius 2 is 1.00 bits per heavy atom. The Bertz CT molecular complexity index is 1000. The summed E-state index contributed by atoms with van der Waals surface area (Å²) < 4.78 is 4.99. The molecule has 0 bridgehead atoms. The van der Waals surface area contributed by atoms with Gasteiger partial charge in [-0.3, -0.25) is 0 Å². The molecule has 4 aromatic carbocycles. The molecule has 4 heteroatoms. The third-order valence-corrected chi connectivity index (χ3v) is 9.36. The first-order valence-electron chi connectivity index (χ1n) is 9.51. The van der Waals surface area contributed by atoms with E-state index >= 15 is 0 Å². The molecule has 0 saturated carbocycles. The van der Waals surface area contributed by atoms with Crippen molar-refractivity contribution in [3.63, 3.8) is 0 Å². The fourth-order valence-corrected chi connectivity index (χ4v) is 8.10. The van der Waals surface area contributed by atoms with Gasteiger partial charge in [-0.05, 0) is 54.6 Å². The Morgan fingerprint density at radius 1 is 0.600 bits per heavy atom. The standard InChI is InChI=1S/C26H22O2P.BrH/c1-28-26(27)21-12-11-19-25(20-21)29(22-13-5-2-6-14-22,23-15-7-3-8-16-23)24-17-9-4-10-18-24;/h2-20H,1H3;1H/q+1;/p-1. The lowest BCUT2D eigenvalue weighted by atomic mass is 10.2. The molecule has 0 saturated heterocycles. The van der Waals surface area contributed by atoms with Gasteiger partial charge in [-0.1, -0.05) is 60.7 Å². The maximum atomic E-state index is 12.3. The van der Waals surface area contributed by atoms with E-state index in [1.807, 2.05) is 36.4 Å².